The van der Waals surface area contributed by atoms with Gasteiger partial charge in [0, 0.05) is 23.4 Å². The van der Waals surface area contributed by atoms with E-state index in [0.29, 0.717) is 29.1 Å². The fraction of sp³-hybridized carbons (Fsp3) is 0.160. The average molecular weight is 448 g/mol. The number of nitrogens with one attached hydrogen (secondary N) is 2. The lowest BCUT2D eigenvalue weighted by Gasteiger charge is -2.09. The Morgan fingerprint density at radius 3 is 1.91 bits per heavy atom. The quantitative estimate of drug-likeness (QED) is 0.391. The van der Waals surface area contributed by atoms with Crippen LogP contribution in [0.15, 0.2) is 72.8 Å². The molecule has 2 N–H and O–H groups in total. The molecule has 0 aromatic heterocycles. The molecule has 0 aliphatic heterocycles. The minimum absolute atomic E-state index is 0.189. The monoisotopic (exact) mass is 448 g/mol. The van der Waals surface area contributed by atoms with Gasteiger partial charge in [0.15, 0.2) is 0 Å². The van der Waals surface area contributed by atoms with Crippen LogP contribution in [0.1, 0.15) is 33.2 Å². The average Bonchev–Trinajstić information content (AvgIpc) is 2.84. The molecule has 0 bridgehead atoms. The fourth-order valence-electron chi connectivity index (χ4n) is 2.85. The molecule has 0 atom stereocenters. The van der Waals surface area contributed by atoms with Crippen molar-refractivity contribution in [3.63, 3.8) is 0 Å². The third-order valence-corrected chi connectivity index (χ3v) is 4.60. The maximum absolute atomic E-state index is 12.4. The van der Waals surface area contributed by atoms with E-state index in [1.54, 1.807) is 62.6 Å². The van der Waals surface area contributed by atoms with Gasteiger partial charge in [-0.1, -0.05) is 12.1 Å². The lowest BCUT2D eigenvalue weighted by molar-refractivity contribution is 0.0949. The molecule has 2 amide bonds. The van der Waals surface area contributed by atoms with Crippen LogP contribution in [0.5, 0.6) is 11.5 Å². The minimum Gasteiger partial charge on any atom is -0.497 e. The van der Waals surface area contributed by atoms with Crippen LogP contribution < -0.4 is 20.1 Å². The van der Waals surface area contributed by atoms with Crippen molar-refractivity contribution in [1.82, 2.24) is 5.32 Å². The molecule has 0 fully saturated rings. The summed E-state index contributed by atoms with van der Waals surface area (Å²) in [4.78, 5) is 36.0. The maximum Gasteiger partial charge on any atom is 0.513 e. The Labute approximate surface area is 191 Å². The Hall–Kier alpha value is -4.33. The highest BCUT2D eigenvalue weighted by molar-refractivity contribution is 6.04. The van der Waals surface area contributed by atoms with Crippen molar-refractivity contribution in [1.29, 1.82) is 0 Å². The molecule has 8 heteroatoms. The first-order valence-electron chi connectivity index (χ1n) is 10.3. The van der Waals surface area contributed by atoms with Crippen molar-refractivity contribution in [3.8, 4) is 11.5 Å². The summed E-state index contributed by atoms with van der Waals surface area (Å²) in [5.41, 5.74) is 2.44. The second-order valence-corrected chi connectivity index (χ2v) is 6.87. The number of carbonyl (C=O) groups is 3. The van der Waals surface area contributed by atoms with Gasteiger partial charge in [-0.2, -0.15) is 0 Å². The molecule has 0 spiro atoms. The molecule has 0 aliphatic rings. The van der Waals surface area contributed by atoms with Gasteiger partial charge in [0.25, 0.3) is 11.8 Å². The maximum atomic E-state index is 12.4. The van der Waals surface area contributed by atoms with E-state index in [9.17, 15) is 14.4 Å². The molecule has 0 radical (unpaired) electrons. The summed E-state index contributed by atoms with van der Waals surface area (Å²) in [6.07, 6.45) is -0.796. The number of rotatable bonds is 8. The smallest absolute Gasteiger partial charge is 0.497 e. The largest absolute Gasteiger partial charge is 0.513 e. The summed E-state index contributed by atoms with van der Waals surface area (Å²) in [7, 11) is 1.57. The number of anilines is 1. The van der Waals surface area contributed by atoms with Gasteiger partial charge in [0.1, 0.15) is 11.5 Å². The van der Waals surface area contributed by atoms with Gasteiger partial charge in [-0.3, -0.25) is 9.59 Å². The van der Waals surface area contributed by atoms with Crippen molar-refractivity contribution in [2.24, 2.45) is 0 Å². The zero-order valence-corrected chi connectivity index (χ0v) is 18.3. The Bertz CT molecular complexity index is 1090. The van der Waals surface area contributed by atoms with Gasteiger partial charge in [-0.25, -0.2) is 4.79 Å². The van der Waals surface area contributed by atoms with E-state index in [-0.39, 0.29) is 24.2 Å². The Kier molecular flexibility index (Phi) is 8.02. The predicted octanol–water partition coefficient (Wildman–Crippen LogP) is 4.41. The molecule has 33 heavy (non-hydrogen) atoms. The van der Waals surface area contributed by atoms with Crippen LogP contribution in [0.2, 0.25) is 0 Å². The number of hydrogen-bond donors (Lipinski definition) is 2. The number of carbonyl (C=O) groups excluding carboxylic acids is 3. The Balaban J connectivity index is 1.50. The van der Waals surface area contributed by atoms with E-state index in [0.717, 1.165) is 5.56 Å². The first kappa shape index (κ1) is 23.3. The fourth-order valence-corrected chi connectivity index (χ4v) is 2.85. The second kappa shape index (κ2) is 11.3. The minimum atomic E-state index is -0.796. The van der Waals surface area contributed by atoms with Gasteiger partial charge in [0.2, 0.25) is 0 Å². The molecule has 0 aliphatic carbocycles. The van der Waals surface area contributed by atoms with Gasteiger partial charge < -0.3 is 24.8 Å². The summed E-state index contributed by atoms with van der Waals surface area (Å²) in [6, 6.07) is 20.1. The SMILES string of the molecule is CCOC(=O)Oc1ccc(C(=O)Nc2ccc(CNC(=O)c3ccc(OC)cc3)cc2)cc1. The van der Waals surface area contributed by atoms with Crippen LogP contribution in [0.25, 0.3) is 0 Å². The molecule has 3 rings (SSSR count). The van der Waals surface area contributed by atoms with Crippen molar-refractivity contribution < 1.29 is 28.6 Å². The zero-order chi connectivity index (χ0) is 23.6. The van der Waals surface area contributed by atoms with Crippen molar-refractivity contribution in [3.05, 3.63) is 89.5 Å². The number of methoxy groups -OCH3 is 1. The summed E-state index contributed by atoms with van der Waals surface area (Å²) in [5, 5.41) is 5.65. The van der Waals surface area contributed by atoms with E-state index in [1.807, 2.05) is 12.1 Å². The van der Waals surface area contributed by atoms with Crippen LogP contribution in [0.3, 0.4) is 0 Å². The standard InChI is InChI=1S/C25H24N2O6/c1-3-32-25(30)33-22-14-8-19(9-15-22)24(29)27-20-10-4-17(5-11-20)16-26-23(28)18-6-12-21(31-2)13-7-18/h4-15H,3,16H2,1-2H3,(H,26,28)(H,27,29). The van der Waals surface area contributed by atoms with Crippen LogP contribution >= 0.6 is 0 Å². The summed E-state index contributed by atoms with van der Waals surface area (Å²) < 4.78 is 14.8. The van der Waals surface area contributed by atoms with Gasteiger partial charge >= 0.3 is 6.16 Å². The van der Waals surface area contributed by atoms with Crippen LogP contribution in [-0.4, -0.2) is 31.7 Å². The van der Waals surface area contributed by atoms with E-state index >= 15 is 0 Å². The van der Waals surface area contributed by atoms with E-state index in [1.165, 1.54) is 12.1 Å². The number of amides is 2. The number of ether oxygens (including phenoxy) is 3. The third kappa shape index (κ3) is 6.83. The van der Waals surface area contributed by atoms with Gasteiger partial charge in [0.05, 0.1) is 13.7 Å². The molecular weight excluding hydrogens is 424 g/mol. The van der Waals surface area contributed by atoms with Crippen LogP contribution in [0, 0.1) is 0 Å². The molecule has 170 valence electrons. The predicted molar refractivity (Wildman–Crippen MR) is 123 cm³/mol. The van der Waals surface area contributed by atoms with Gasteiger partial charge in [-0.05, 0) is 73.2 Å². The van der Waals surface area contributed by atoms with E-state index in [2.05, 4.69) is 10.6 Å². The van der Waals surface area contributed by atoms with Crippen molar-refractivity contribution in [2.75, 3.05) is 19.0 Å². The van der Waals surface area contributed by atoms with E-state index in [4.69, 9.17) is 14.2 Å². The molecule has 0 saturated heterocycles. The third-order valence-electron chi connectivity index (χ3n) is 4.60. The molecule has 8 nitrogen and oxygen atoms in total. The molecule has 3 aromatic carbocycles. The lowest BCUT2D eigenvalue weighted by Crippen LogP contribution is -2.22. The molecule has 0 saturated carbocycles. The second-order valence-electron chi connectivity index (χ2n) is 6.87. The van der Waals surface area contributed by atoms with Crippen LogP contribution in [-0.2, 0) is 11.3 Å². The lowest BCUT2D eigenvalue weighted by atomic mass is 10.1. The molecule has 0 unspecified atom stereocenters. The first-order chi connectivity index (χ1) is 16.0. The highest BCUT2D eigenvalue weighted by Crippen LogP contribution is 2.16. The van der Waals surface area contributed by atoms with Gasteiger partial charge in [-0.15, -0.1) is 0 Å². The molecule has 0 heterocycles. The number of hydrogen-bond acceptors (Lipinski definition) is 6. The highest BCUT2D eigenvalue weighted by Gasteiger charge is 2.09. The topological polar surface area (TPSA) is 103 Å². The Morgan fingerprint density at radius 1 is 0.758 bits per heavy atom. The van der Waals surface area contributed by atoms with E-state index < -0.39 is 6.16 Å². The summed E-state index contributed by atoms with van der Waals surface area (Å²) in [5.74, 6) is 0.472. The molecule has 3 aromatic rings. The summed E-state index contributed by atoms with van der Waals surface area (Å²) >= 11 is 0. The molecular formula is C25H24N2O6. The van der Waals surface area contributed by atoms with Crippen molar-refractivity contribution in [2.45, 2.75) is 13.5 Å². The Morgan fingerprint density at radius 2 is 1.33 bits per heavy atom. The normalized spacial score (nSPS) is 10.1. The number of benzene rings is 3. The summed E-state index contributed by atoms with van der Waals surface area (Å²) in [6.45, 7) is 2.24. The van der Waals surface area contributed by atoms with Crippen LogP contribution in [0.4, 0.5) is 10.5 Å². The highest BCUT2D eigenvalue weighted by atomic mass is 16.7. The van der Waals surface area contributed by atoms with Crippen molar-refractivity contribution >= 4 is 23.7 Å². The first-order valence-corrected chi connectivity index (χ1v) is 10.3. The zero-order valence-electron chi connectivity index (χ0n) is 18.3.